The zero-order valence-corrected chi connectivity index (χ0v) is 19.0. The molecule has 10 N–H and O–H groups in total. The summed E-state index contributed by atoms with van der Waals surface area (Å²) in [4.78, 5) is 48.8. The van der Waals surface area contributed by atoms with Crippen LogP contribution in [0.4, 0.5) is 0 Å². The molecule has 0 saturated heterocycles. The number of aliphatic carboxylic acids is 1. The Bertz CT molecular complexity index is 858. The van der Waals surface area contributed by atoms with E-state index in [0.717, 1.165) is 13.8 Å². The van der Waals surface area contributed by atoms with Gasteiger partial charge >= 0.3 is 5.97 Å². The second kappa shape index (κ2) is 12.8. The van der Waals surface area contributed by atoms with Crippen LogP contribution in [-0.2, 0) is 25.6 Å². The molecule has 1 aromatic rings. The van der Waals surface area contributed by atoms with Crippen molar-refractivity contribution in [3.63, 3.8) is 0 Å². The Kier molecular flexibility index (Phi) is 10.9. The smallest absolute Gasteiger partial charge is 0.328 e. The number of phenolic OH excluding ortho intramolecular Hbond substituents is 1. The van der Waals surface area contributed by atoms with Crippen molar-refractivity contribution in [2.24, 2.45) is 5.73 Å². The molecule has 0 fully saturated rings. The number of carboxylic acids is 1. The molecule has 1 rings (SSSR count). The van der Waals surface area contributed by atoms with Crippen molar-refractivity contribution < 1.29 is 44.7 Å². The number of hydrogen-bond acceptors (Lipinski definition) is 9. The number of aliphatic hydroxyl groups is 3. The van der Waals surface area contributed by atoms with Crippen LogP contribution >= 0.6 is 0 Å². The summed E-state index contributed by atoms with van der Waals surface area (Å²) < 4.78 is 0. The molecule has 0 aromatic heterocycles. The van der Waals surface area contributed by atoms with Gasteiger partial charge in [-0.25, -0.2) is 4.79 Å². The summed E-state index contributed by atoms with van der Waals surface area (Å²) in [6, 6.07) is -0.0707. The highest BCUT2D eigenvalue weighted by Crippen LogP contribution is 2.11. The molecule has 3 amide bonds. The first kappa shape index (κ1) is 28.8. The minimum atomic E-state index is -1.70. The monoisotopic (exact) mass is 484 g/mol. The third kappa shape index (κ3) is 8.59. The van der Waals surface area contributed by atoms with Crippen LogP contribution in [0, 0.1) is 0 Å². The van der Waals surface area contributed by atoms with E-state index >= 15 is 0 Å². The lowest BCUT2D eigenvalue weighted by Crippen LogP contribution is -2.62. The van der Waals surface area contributed by atoms with Crippen LogP contribution in [0.2, 0.25) is 0 Å². The fourth-order valence-electron chi connectivity index (χ4n) is 2.92. The summed E-state index contributed by atoms with van der Waals surface area (Å²) >= 11 is 0. The number of hydrogen-bond donors (Lipinski definition) is 9. The number of carbonyl (C=O) groups is 4. The van der Waals surface area contributed by atoms with Crippen LogP contribution in [0.25, 0.3) is 0 Å². The number of carboxylic acid groups (broad SMARTS) is 1. The molecule has 13 heteroatoms. The van der Waals surface area contributed by atoms with Crippen molar-refractivity contribution in [2.75, 3.05) is 0 Å². The van der Waals surface area contributed by atoms with Crippen LogP contribution in [-0.4, -0.2) is 91.7 Å². The van der Waals surface area contributed by atoms with Gasteiger partial charge in [-0.1, -0.05) is 12.1 Å². The minimum Gasteiger partial charge on any atom is -0.508 e. The van der Waals surface area contributed by atoms with Gasteiger partial charge in [-0.05, 0) is 44.9 Å². The lowest BCUT2D eigenvalue weighted by Gasteiger charge is -2.28. The first-order valence-corrected chi connectivity index (χ1v) is 10.5. The van der Waals surface area contributed by atoms with E-state index < -0.39 is 66.2 Å². The van der Waals surface area contributed by atoms with Crippen LogP contribution in [0.3, 0.4) is 0 Å². The molecule has 7 atom stereocenters. The van der Waals surface area contributed by atoms with Gasteiger partial charge in [0.1, 0.15) is 17.8 Å². The van der Waals surface area contributed by atoms with E-state index in [1.165, 1.54) is 19.1 Å². The van der Waals surface area contributed by atoms with Crippen molar-refractivity contribution in [3.8, 4) is 5.75 Å². The van der Waals surface area contributed by atoms with Gasteiger partial charge in [0.15, 0.2) is 6.04 Å². The molecule has 0 aliphatic rings. The predicted molar refractivity (Wildman–Crippen MR) is 118 cm³/mol. The number of nitrogens with two attached hydrogens (primary N) is 1. The van der Waals surface area contributed by atoms with E-state index in [1.54, 1.807) is 12.1 Å². The Morgan fingerprint density at radius 2 is 1.15 bits per heavy atom. The van der Waals surface area contributed by atoms with Gasteiger partial charge in [-0.15, -0.1) is 0 Å². The highest BCUT2D eigenvalue weighted by Gasteiger charge is 2.35. The zero-order chi connectivity index (χ0) is 26.2. The number of benzene rings is 1. The van der Waals surface area contributed by atoms with E-state index in [2.05, 4.69) is 10.6 Å². The second-order valence-corrected chi connectivity index (χ2v) is 8.00. The van der Waals surface area contributed by atoms with Gasteiger partial charge in [0.05, 0.1) is 24.4 Å². The Hall–Kier alpha value is -3.26. The quantitative estimate of drug-likeness (QED) is 0.145. The van der Waals surface area contributed by atoms with Gasteiger partial charge in [0.2, 0.25) is 17.7 Å². The zero-order valence-electron chi connectivity index (χ0n) is 19.0. The Morgan fingerprint density at radius 3 is 1.53 bits per heavy atom. The van der Waals surface area contributed by atoms with Gasteiger partial charge in [0, 0.05) is 0 Å². The molecule has 190 valence electrons. The molecule has 7 unspecified atom stereocenters. The Labute approximate surface area is 196 Å². The Morgan fingerprint density at radius 1 is 0.765 bits per heavy atom. The summed E-state index contributed by atoms with van der Waals surface area (Å²) in [6.45, 7) is 3.50. The molecule has 1 aromatic carbocycles. The molecule has 0 radical (unpaired) electrons. The molecular weight excluding hydrogens is 452 g/mol. The highest BCUT2D eigenvalue weighted by molar-refractivity contribution is 5.94. The minimum absolute atomic E-state index is 0.0347. The summed E-state index contributed by atoms with van der Waals surface area (Å²) in [5.41, 5.74) is 6.51. The summed E-state index contributed by atoms with van der Waals surface area (Å²) in [5.74, 6) is -4.42. The van der Waals surface area contributed by atoms with Crippen LogP contribution in [0.15, 0.2) is 24.3 Å². The predicted octanol–water partition coefficient (Wildman–Crippen LogP) is -3.06. The third-order valence-electron chi connectivity index (χ3n) is 4.90. The number of phenols is 1. The largest absolute Gasteiger partial charge is 0.508 e. The summed E-state index contributed by atoms with van der Waals surface area (Å²) in [7, 11) is 0. The lowest BCUT2D eigenvalue weighted by atomic mass is 10.0. The van der Waals surface area contributed by atoms with Gasteiger partial charge in [-0.2, -0.15) is 0 Å². The van der Waals surface area contributed by atoms with E-state index in [1.807, 2.05) is 5.32 Å². The fraction of sp³-hybridized carbons (Fsp3) is 0.524. The van der Waals surface area contributed by atoms with Crippen LogP contribution in [0.1, 0.15) is 26.3 Å². The SMILES string of the molecule is CC(O)C(NC(=O)C(NC(=O)C(NC(=O)C(N)Cc1ccc(O)cc1)C(C)O)C(C)O)C(=O)O. The molecular formula is C21H32N4O9. The van der Waals surface area contributed by atoms with Crippen molar-refractivity contribution in [1.82, 2.24) is 16.0 Å². The number of aliphatic hydroxyl groups excluding tert-OH is 3. The fourth-order valence-corrected chi connectivity index (χ4v) is 2.92. The molecule has 34 heavy (non-hydrogen) atoms. The van der Waals surface area contributed by atoms with E-state index in [4.69, 9.17) is 10.8 Å². The van der Waals surface area contributed by atoms with Gasteiger partial charge in [-0.3, -0.25) is 14.4 Å². The molecule has 0 bridgehead atoms. The Balaban J connectivity index is 2.89. The van der Waals surface area contributed by atoms with E-state index in [9.17, 15) is 39.6 Å². The van der Waals surface area contributed by atoms with Crippen molar-refractivity contribution in [2.45, 2.75) is 69.7 Å². The average Bonchev–Trinajstić information content (AvgIpc) is 2.74. The second-order valence-electron chi connectivity index (χ2n) is 8.00. The molecule has 0 aliphatic carbocycles. The van der Waals surface area contributed by atoms with E-state index in [0.29, 0.717) is 5.56 Å². The maximum absolute atomic E-state index is 12.7. The standard InChI is InChI=1S/C21H32N4O9/c1-9(26)15(23-18(30)14(22)8-12-4-6-13(29)7-5-12)19(31)24-16(10(2)27)20(32)25-17(11(3)28)21(33)34/h4-7,9-11,14-17,26-29H,8,22H2,1-3H3,(H,23,30)(H,24,31)(H,25,32)(H,33,34). The first-order valence-electron chi connectivity index (χ1n) is 10.5. The van der Waals surface area contributed by atoms with Crippen molar-refractivity contribution >= 4 is 23.7 Å². The number of amides is 3. The molecule has 0 spiro atoms. The normalized spacial score (nSPS) is 17.3. The summed E-state index contributed by atoms with van der Waals surface area (Å²) in [6.07, 6.45) is -4.32. The van der Waals surface area contributed by atoms with Crippen molar-refractivity contribution in [3.05, 3.63) is 29.8 Å². The number of nitrogens with one attached hydrogen (secondary N) is 3. The van der Waals surface area contributed by atoms with Crippen LogP contribution < -0.4 is 21.7 Å². The number of carbonyl (C=O) groups excluding carboxylic acids is 3. The van der Waals surface area contributed by atoms with E-state index in [-0.39, 0.29) is 12.2 Å². The van der Waals surface area contributed by atoms with Gasteiger partial charge in [0.25, 0.3) is 0 Å². The molecule has 13 nitrogen and oxygen atoms in total. The number of rotatable bonds is 12. The summed E-state index contributed by atoms with van der Waals surface area (Å²) in [5, 5.41) is 54.3. The average molecular weight is 485 g/mol. The van der Waals surface area contributed by atoms with Crippen molar-refractivity contribution in [1.29, 1.82) is 0 Å². The molecule has 0 saturated carbocycles. The maximum Gasteiger partial charge on any atom is 0.328 e. The maximum atomic E-state index is 12.7. The first-order chi connectivity index (χ1) is 15.7. The highest BCUT2D eigenvalue weighted by atomic mass is 16.4. The van der Waals surface area contributed by atoms with Gasteiger partial charge < -0.3 is 47.2 Å². The number of aromatic hydroxyl groups is 1. The van der Waals surface area contributed by atoms with Crippen LogP contribution in [0.5, 0.6) is 5.75 Å². The topological polar surface area (TPSA) is 232 Å². The third-order valence-corrected chi connectivity index (χ3v) is 4.90. The molecule has 0 aliphatic heterocycles. The molecule has 0 heterocycles. The lowest BCUT2D eigenvalue weighted by molar-refractivity contribution is -0.146.